The lowest BCUT2D eigenvalue weighted by Crippen LogP contribution is -2.10. The van der Waals surface area contributed by atoms with Crippen molar-refractivity contribution in [2.45, 2.75) is 44.9 Å². The molecular weight excluding hydrogens is 236 g/mol. The molecule has 0 aliphatic rings. The van der Waals surface area contributed by atoms with Crippen LogP contribution in [0, 0.1) is 5.41 Å². The van der Waals surface area contributed by atoms with Crippen LogP contribution in [0.15, 0.2) is 29.2 Å². The summed E-state index contributed by atoms with van der Waals surface area (Å²) in [6.07, 6.45) is 1.03. The summed E-state index contributed by atoms with van der Waals surface area (Å²) in [5.74, 6) is 0.366. The van der Waals surface area contributed by atoms with Gasteiger partial charge in [-0.3, -0.25) is 4.55 Å². The van der Waals surface area contributed by atoms with Gasteiger partial charge < -0.3 is 0 Å². The third-order valence-corrected chi connectivity index (χ3v) is 3.53. The lowest BCUT2D eigenvalue weighted by Gasteiger charge is -2.23. The molecule has 96 valence electrons. The monoisotopic (exact) mass is 256 g/mol. The molecule has 0 spiro atoms. The molecule has 1 unspecified atom stereocenters. The molecule has 1 rings (SSSR count). The molecule has 0 saturated heterocycles. The van der Waals surface area contributed by atoms with Gasteiger partial charge in [0.05, 0.1) is 4.90 Å². The standard InChI is InChI=1S/C13H20O3S/c1-10(9-13(2,3)4)11-5-7-12(8-6-11)17(14,15)16/h5-8,10H,9H2,1-4H3,(H,14,15,16). The fraction of sp³-hybridized carbons (Fsp3) is 0.538. The predicted octanol–water partition coefficient (Wildman–Crippen LogP) is 3.47. The van der Waals surface area contributed by atoms with E-state index in [0.29, 0.717) is 5.92 Å². The van der Waals surface area contributed by atoms with Gasteiger partial charge in [-0.15, -0.1) is 0 Å². The minimum absolute atomic E-state index is 0.0517. The van der Waals surface area contributed by atoms with Gasteiger partial charge in [0.25, 0.3) is 10.1 Å². The molecule has 0 amide bonds. The van der Waals surface area contributed by atoms with E-state index in [2.05, 4.69) is 27.7 Å². The molecule has 0 aliphatic heterocycles. The fourth-order valence-electron chi connectivity index (χ4n) is 2.00. The van der Waals surface area contributed by atoms with Crippen molar-refractivity contribution in [1.29, 1.82) is 0 Å². The smallest absolute Gasteiger partial charge is 0.282 e. The summed E-state index contributed by atoms with van der Waals surface area (Å²) < 4.78 is 30.7. The van der Waals surface area contributed by atoms with Gasteiger partial charge in [0, 0.05) is 0 Å². The Morgan fingerprint density at radius 3 is 2.00 bits per heavy atom. The van der Waals surface area contributed by atoms with E-state index in [4.69, 9.17) is 4.55 Å². The van der Waals surface area contributed by atoms with Crippen molar-refractivity contribution in [2.24, 2.45) is 5.41 Å². The van der Waals surface area contributed by atoms with Gasteiger partial charge in [0.15, 0.2) is 0 Å². The SMILES string of the molecule is CC(CC(C)(C)C)c1ccc(S(=O)(=O)O)cc1. The maximum absolute atomic E-state index is 10.9. The van der Waals surface area contributed by atoms with Crippen LogP contribution in [0.3, 0.4) is 0 Å². The van der Waals surface area contributed by atoms with E-state index in [1.165, 1.54) is 12.1 Å². The van der Waals surface area contributed by atoms with Crippen LogP contribution in [0.1, 0.15) is 45.6 Å². The zero-order chi connectivity index (χ0) is 13.3. The molecule has 1 aromatic rings. The van der Waals surface area contributed by atoms with E-state index in [-0.39, 0.29) is 10.3 Å². The normalized spacial score (nSPS) is 14.6. The van der Waals surface area contributed by atoms with E-state index < -0.39 is 10.1 Å². The van der Waals surface area contributed by atoms with Crippen LogP contribution in [-0.4, -0.2) is 13.0 Å². The largest absolute Gasteiger partial charge is 0.294 e. The molecule has 0 aliphatic carbocycles. The van der Waals surface area contributed by atoms with Crippen molar-refractivity contribution < 1.29 is 13.0 Å². The van der Waals surface area contributed by atoms with Crippen molar-refractivity contribution in [3.8, 4) is 0 Å². The quantitative estimate of drug-likeness (QED) is 0.842. The molecule has 1 N–H and O–H groups in total. The van der Waals surface area contributed by atoms with Crippen LogP contribution in [0.5, 0.6) is 0 Å². The molecule has 1 atom stereocenters. The minimum Gasteiger partial charge on any atom is -0.282 e. The summed E-state index contributed by atoms with van der Waals surface area (Å²) in [7, 11) is -4.08. The van der Waals surface area contributed by atoms with Gasteiger partial charge in [-0.2, -0.15) is 8.42 Å². The molecule has 0 aromatic heterocycles. The third-order valence-electron chi connectivity index (χ3n) is 2.67. The Balaban J connectivity index is 2.88. The first-order chi connectivity index (χ1) is 7.59. The Morgan fingerprint density at radius 1 is 1.18 bits per heavy atom. The lowest BCUT2D eigenvalue weighted by atomic mass is 9.82. The maximum atomic E-state index is 10.9. The second kappa shape index (κ2) is 4.78. The molecular formula is C13H20O3S. The summed E-state index contributed by atoms with van der Waals surface area (Å²) in [6, 6.07) is 6.42. The third kappa shape index (κ3) is 4.48. The van der Waals surface area contributed by atoms with E-state index >= 15 is 0 Å². The lowest BCUT2D eigenvalue weighted by molar-refractivity contribution is 0.349. The average Bonchev–Trinajstić information content (AvgIpc) is 2.14. The second-order valence-electron chi connectivity index (χ2n) is 5.71. The zero-order valence-electron chi connectivity index (χ0n) is 10.8. The van der Waals surface area contributed by atoms with E-state index in [1.807, 2.05) is 0 Å². The first-order valence-electron chi connectivity index (χ1n) is 5.67. The topological polar surface area (TPSA) is 54.4 Å². The van der Waals surface area contributed by atoms with E-state index in [1.54, 1.807) is 12.1 Å². The highest BCUT2D eigenvalue weighted by molar-refractivity contribution is 7.85. The second-order valence-corrected chi connectivity index (χ2v) is 7.13. The van der Waals surface area contributed by atoms with Crippen molar-refractivity contribution in [3.05, 3.63) is 29.8 Å². The first kappa shape index (κ1) is 14.2. The summed E-state index contributed by atoms with van der Waals surface area (Å²) >= 11 is 0. The molecule has 0 saturated carbocycles. The number of hydrogen-bond donors (Lipinski definition) is 1. The van der Waals surface area contributed by atoms with Crippen LogP contribution >= 0.6 is 0 Å². The van der Waals surface area contributed by atoms with Crippen LogP contribution in [-0.2, 0) is 10.1 Å². The molecule has 3 nitrogen and oxygen atoms in total. The highest BCUT2D eigenvalue weighted by atomic mass is 32.2. The van der Waals surface area contributed by atoms with Crippen LogP contribution in [0.2, 0.25) is 0 Å². The van der Waals surface area contributed by atoms with Gasteiger partial charge in [0.1, 0.15) is 0 Å². The van der Waals surface area contributed by atoms with Crippen LogP contribution in [0.25, 0.3) is 0 Å². The Hall–Kier alpha value is -0.870. The van der Waals surface area contributed by atoms with Gasteiger partial charge in [0.2, 0.25) is 0 Å². The van der Waals surface area contributed by atoms with E-state index in [0.717, 1.165) is 12.0 Å². The average molecular weight is 256 g/mol. The Kier molecular flexibility index (Phi) is 3.99. The van der Waals surface area contributed by atoms with Crippen molar-refractivity contribution in [3.63, 3.8) is 0 Å². The summed E-state index contributed by atoms with van der Waals surface area (Å²) in [5, 5.41) is 0. The van der Waals surface area contributed by atoms with E-state index in [9.17, 15) is 8.42 Å². The van der Waals surface area contributed by atoms with Crippen molar-refractivity contribution >= 4 is 10.1 Å². The van der Waals surface area contributed by atoms with Crippen LogP contribution < -0.4 is 0 Å². The fourth-order valence-corrected chi connectivity index (χ4v) is 2.48. The number of benzene rings is 1. The van der Waals surface area contributed by atoms with Crippen molar-refractivity contribution in [1.82, 2.24) is 0 Å². The number of hydrogen-bond acceptors (Lipinski definition) is 2. The van der Waals surface area contributed by atoms with Gasteiger partial charge in [-0.1, -0.05) is 39.8 Å². The summed E-state index contributed by atoms with van der Waals surface area (Å²) in [6.45, 7) is 8.65. The molecule has 4 heteroatoms. The Labute approximate surface area is 104 Å². The molecule has 0 heterocycles. The minimum atomic E-state index is -4.08. The van der Waals surface area contributed by atoms with Gasteiger partial charge in [-0.05, 0) is 35.4 Å². The van der Waals surface area contributed by atoms with Crippen LogP contribution in [0.4, 0.5) is 0 Å². The Bertz CT molecular complexity index is 466. The van der Waals surface area contributed by atoms with Gasteiger partial charge in [-0.25, -0.2) is 0 Å². The zero-order valence-corrected chi connectivity index (χ0v) is 11.6. The highest BCUT2D eigenvalue weighted by Crippen LogP contribution is 2.30. The molecule has 17 heavy (non-hydrogen) atoms. The summed E-state index contributed by atoms with van der Waals surface area (Å²) in [5.41, 5.74) is 1.33. The summed E-state index contributed by atoms with van der Waals surface area (Å²) in [4.78, 5) is -0.0517. The predicted molar refractivity (Wildman–Crippen MR) is 68.7 cm³/mol. The van der Waals surface area contributed by atoms with Gasteiger partial charge >= 0.3 is 0 Å². The Morgan fingerprint density at radius 2 is 1.65 bits per heavy atom. The van der Waals surface area contributed by atoms with Crippen molar-refractivity contribution in [2.75, 3.05) is 0 Å². The first-order valence-corrected chi connectivity index (χ1v) is 7.11. The maximum Gasteiger partial charge on any atom is 0.294 e. The highest BCUT2D eigenvalue weighted by Gasteiger charge is 2.17. The molecule has 0 bridgehead atoms. The number of rotatable bonds is 3. The molecule has 0 fully saturated rings. The molecule has 1 aromatic carbocycles. The molecule has 0 radical (unpaired) electrons.